The van der Waals surface area contributed by atoms with Crippen molar-refractivity contribution in [2.24, 2.45) is 0 Å². The molecule has 0 radical (unpaired) electrons. The van der Waals surface area contributed by atoms with Crippen molar-refractivity contribution in [2.75, 3.05) is 19.7 Å². The van der Waals surface area contributed by atoms with E-state index in [1.165, 1.54) is 17.6 Å². The lowest BCUT2D eigenvalue weighted by Crippen LogP contribution is -2.09. The number of benzene rings is 1. The Balaban J connectivity index is 1.61. The second-order valence-corrected chi connectivity index (χ2v) is 5.65. The highest BCUT2D eigenvalue weighted by Gasteiger charge is 2.08. The van der Waals surface area contributed by atoms with Crippen LogP contribution in [0.5, 0.6) is 0 Å². The number of esters is 1. The summed E-state index contributed by atoms with van der Waals surface area (Å²) in [5, 5.41) is 12.3. The molecule has 130 valence electrons. The Morgan fingerprint density at radius 2 is 1.96 bits per heavy atom. The van der Waals surface area contributed by atoms with Gasteiger partial charge in [0.05, 0.1) is 17.9 Å². The number of ether oxygens (including phenoxy) is 1. The Bertz CT molecular complexity index is 758. The van der Waals surface area contributed by atoms with E-state index in [4.69, 9.17) is 4.74 Å². The molecule has 0 bridgehead atoms. The third kappa shape index (κ3) is 4.53. The van der Waals surface area contributed by atoms with Gasteiger partial charge in [-0.3, -0.25) is 0 Å². The van der Waals surface area contributed by atoms with Gasteiger partial charge in [0.1, 0.15) is 0 Å². The van der Waals surface area contributed by atoms with Crippen molar-refractivity contribution in [1.29, 1.82) is 0 Å². The quantitative estimate of drug-likeness (QED) is 0.594. The summed E-state index contributed by atoms with van der Waals surface area (Å²) in [6, 6.07) is 6.89. The van der Waals surface area contributed by atoms with Crippen LogP contribution < -0.4 is 0 Å². The van der Waals surface area contributed by atoms with Gasteiger partial charge in [-0.1, -0.05) is 6.08 Å². The smallest absolute Gasteiger partial charge is 0.338 e. The molecule has 0 atom stereocenters. The third-order valence-corrected chi connectivity index (χ3v) is 3.83. The van der Waals surface area contributed by atoms with Crippen molar-refractivity contribution >= 4 is 12.0 Å². The summed E-state index contributed by atoms with van der Waals surface area (Å²) in [7, 11) is 0. The summed E-state index contributed by atoms with van der Waals surface area (Å²) in [6.07, 6.45) is 10.3. The van der Waals surface area contributed by atoms with Crippen molar-refractivity contribution in [3.8, 4) is 5.69 Å². The van der Waals surface area contributed by atoms with Crippen LogP contribution in [0, 0.1) is 0 Å². The Labute approximate surface area is 146 Å². The number of hydrogen-bond donors (Lipinski definition) is 0. The lowest BCUT2D eigenvalue weighted by molar-refractivity contribution is 0.0526. The van der Waals surface area contributed by atoms with E-state index in [0.29, 0.717) is 18.0 Å². The van der Waals surface area contributed by atoms with Crippen molar-refractivity contribution in [3.63, 3.8) is 0 Å². The van der Waals surface area contributed by atoms with Gasteiger partial charge in [-0.15, -0.1) is 15.0 Å². The second-order valence-electron chi connectivity index (χ2n) is 5.65. The fourth-order valence-corrected chi connectivity index (χ4v) is 2.55. The number of hydrogen-bond acceptors (Lipinski definition) is 6. The van der Waals surface area contributed by atoms with Gasteiger partial charge in [0.15, 0.2) is 5.82 Å². The van der Waals surface area contributed by atoms with Crippen molar-refractivity contribution in [2.45, 2.75) is 19.8 Å². The molecule has 1 aromatic carbocycles. The van der Waals surface area contributed by atoms with Gasteiger partial charge < -0.3 is 9.64 Å². The Hall–Kier alpha value is -2.96. The molecule has 7 heteroatoms. The first-order valence-corrected chi connectivity index (χ1v) is 8.43. The predicted octanol–water partition coefficient (Wildman–Crippen LogP) is 2.46. The van der Waals surface area contributed by atoms with E-state index in [1.807, 2.05) is 18.2 Å². The molecule has 2 heterocycles. The van der Waals surface area contributed by atoms with Crippen LogP contribution >= 0.6 is 0 Å². The molecule has 1 aliphatic rings. The summed E-state index contributed by atoms with van der Waals surface area (Å²) < 4.78 is 4.96. The first-order valence-electron chi connectivity index (χ1n) is 8.43. The highest BCUT2D eigenvalue weighted by atomic mass is 16.5. The zero-order valence-electron chi connectivity index (χ0n) is 14.2. The Morgan fingerprint density at radius 1 is 1.20 bits per heavy atom. The molecule has 2 aromatic rings. The molecule has 1 saturated heterocycles. The minimum absolute atomic E-state index is 0.339. The SMILES string of the molecule is CCOC(=O)c1ccc(-n2nnc(C=CC=CN3CCCC3)n2)cc1. The summed E-state index contributed by atoms with van der Waals surface area (Å²) in [4.78, 5) is 15.4. The maximum absolute atomic E-state index is 11.6. The molecule has 0 amide bonds. The molecule has 0 spiro atoms. The van der Waals surface area contributed by atoms with E-state index in [9.17, 15) is 4.79 Å². The second kappa shape index (κ2) is 8.23. The highest BCUT2D eigenvalue weighted by molar-refractivity contribution is 5.89. The number of tetrazole rings is 1. The van der Waals surface area contributed by atoms with Crippen molar-refractivity contribution in [3.05, 3.63) is 54.0 Å². The summed E-state index contributed by atoms with van der Waals surface area (Å²) >= 11 is 0. The first kappa shape index (κ1) is 16.9. The predicted molar refractivity (Wildman–Crippen MR) is 94.1 cm³/mol. The Morgan fingerprint density at radius 3 is 2.68 bits per heavy atom. The molecular formula is C18H21N5O2. The fourth-order valence-electron chi connectivity index (χ4n) is 2.55. The first-order chi connectivity index (χ1) is 12.3. The van der Waals surface area contributed by atoms with Gasteiger partial charge in [0.25, 0.3) is 0 Å². The average molecular weight is 339 g/mol. The maximum atomic E-state index is 11.6. The number of nitrogens with zero attached hydrogens (tertiary/aromatic N) is 5. The lowest BCUT2D eigenvalue weighted by atomic mass is 10.2. The molecule has 0 saturated carbocycles. The number of likely N-dealkylation sites (tertiary alicyclic amines) is 1. The lowest BCUT2D eigenvalue weighted by Gasteiger charge is -2.08. The van der Waals surface area contributed by atoms with E-state index in [-0.39, 0.29) is 5.97 Å². The van der Waals surface area contributed by atoms with E-state index >= 15 is 0 Å². The Kier molecular flexibility index (Phi) is 5.56. The summed E-state index contributed by atoms with van der Waals surface area (Å²) in [5.41, 5.74) is 1.23. The van der Waals surface area contributed by atoms with Crippen molar-refractivity contribution in [1.82, 2.24) is 25.1 Å². The van der Waals surface area contributed by atoms with E-state index < -0.39 is 0 Å². The number of aromatic nitrogens is 4. The van der Waals surface area contributed by atoms with E-state index in [1.54, 1.807) is 31.2 Å². The van der Waals surface area contributed by atoms with Gasteiger partial charge in [0.2, 0.25) is 0 Å². The van der Waals surface area contributed by atoms with E-state index in [2.05, 4.69) is 26.5 Å². The third-order valence-electron chi connectivity index (χ3n) is 3.83. The molecule has 3 rings (SSSR count). The molecule has 1 aromatic heterocycles. The van der Waals surface area contributed by atoms with Crippen LogP contribution in [-0.4, -0.2) is 50.8 Å². The number of allylic oxidation sites excluding steroid dienone is 2. The number of carbonyl (C=O) groups excluding carboxylic acids is 1. The fraction of sp³-hybridized carbons (Fsp3) is 0.333. The zero-order chi connectivity index (χ0) is 17.5. The molecule has 0 unspecified atom stereocenters. The topological polar surface area (TPSA) is 73.1 Å². The van der Waals surface area contributed by atoms with Crippen LogP contribution in [0.15, 0.2) is 42.6 Å². The highest BCUT2D eigenvalue weighted by Crippen LogP contribution is 2.09. The average Bonchev–Trinajstić information content (AvgIpc) is 3.31. The summed E-state index contributed by atoms with van der Waals surface area (Å²) in [5.74, 6) is 0.189. The molecule has 0 N–H and O–H groups in total. The normalized spacial score (nSPS) is 14.7. The van der Waals surface area contributed by atoms with Crippen LogP contribution in [0.4, 0.5) is 0 Å². The minimum Gasteiger partial charge on any atom is -0.462 e. The monoisotopic (exact) mass is 339 g/mol. The van der Waals surface area contributed by atoms with Crippen LogP contribution in [0.25, 0.3) is 11.8 Å². The standard InChI is InChI=1S/C18H21N5O2/c1-2-25-18(24)15-8-10-16(11-9-15)23-20-17(19-21-23)7-3-4-12-22-13-5-6-14-22/h3-4,7-12H,2,5-6,13-14H2,1H3. The number of carbonyl (C=O) groups is 1. The van der Waals surface area contributed by atoms with Gasteiger partial charge in [-0.25, -0.2) is 4.79 Å². The zero-order valence-corrected chi connectivity index (χ0v) is 14.2. The van der Waals surface area contributed by atoms with Crippen LogP contribution in [0.3, 0.4) is 0 Å². The maximum Gasteiger partial charge on any atom is 0.338 e. The van der Waals surface area contributed by atoms with Crippen LogP contribution in [0.2, 0.25) is 0 Å². The molecule has 1 aliphatic heterocycles. The van der Waals surface area contributed by atoms with Crippen LogP contribution in [-0.2, 0) is 4.74 Å². The van der Waals surface area contributed by atoms with Gasteiger partial charge in [-0.2, -0.15) is 0 Å². The van der Waals surface area contributed by atoms with Crippen molar-refractivity contribution < 1.29 is 9.53 Å². The van der Waals surface area contributed by atoms with Crippen LogP contribution in [0.1, 0.15) is 35.9 Å². The molecule has 0 aliphatic carbocycles. The largest absolute Gasteiger partial charge is 0.462 e. The summed E-state index contributed by atoms with van der Waals surface area (Å²) in [6.45, 7) is 4.38. The number of rotatable bonds is 6. The van der Waals surface area contributed by atoms with E-state index in [0.717, 1.165) is 18.8 Å². The minimum atomic E-state index is -0.339. The van der Waals surface area contributed by atoms with Gasteiger partial charge >= 0.3 is 5.97 Å². The molecule has 1 fully saturated rings. The van der Waals surface area contributed by atoms with Gasteiger partial charge in [-0.05, 0) is 67.6 Å². The van der Waals surface area contributed by atoms with Gasteiger partial charge in [0, 0.05) is 13.1 Å². The molecule has 25 heavy (non-hydrogen) atoms. The molecule has 7 nitrogen and oxygen atoms in total. The molecular weight excluding hydrogens is 318 g/mol.